The molecule has 0 fully saturated rings. The Labute approximate surface area is 107 Å². The van der Waals surface area contributed by atoms with Crippen LogP contribution in [0.15, 0.2) is 18.2 Å². The van der Waals surface area contributed by atoms with Crippen molar-refractivity contribution in [1.82, 2.24) is 0 Å². The molecule has 94 valence electrons. The van der Waals surface area contributed by atoms with Crippen LogP contribution in [0.3, 0.4) is 0 Å². The van der Waals surface area contributed by atoms with E-state index < -0.39 is 0 Å². The normalized spacial score (nSPS) is 11.3. The first-order valence-electron chi connectivity index (χ1n) is 5.56. The zero-order chi connectivity index (χ0) is 13.1. The van der Waals surface area contributed by atoms with Gasteiger partial charge in [-0.2, -0.15) is 0 Å². The second-order valence-corrected chi connectivity index (χ2v) is 5.63. The van der Waals surface area contributed by atoms with E-state index in [-0.39, 0.29) is 11.3 Å². The van der Waals surface area contributed by atoms with Crippen LogP contribution in [0.25, 0.3) is 0 Å². The average molecular weight is 255 g/mol. The summed E-state index contributed by atoms with van der Waals surface area (Å²) in [7, 11) is 0. The molecule has 0 aliphatic rings. The standard InChI is InChI=1S/C13H19ClN2O/c1-13(2,3)6-7-17-11-5-4-9(12(15)16)8-10(11)14/h4-5,8H,6-7H2,1-3H3,(H3,15,16). The van der Waals surface area contributed by atoms with Crippen molar-refractivity contribution in [3.8, 4) is 5.75 Å². The van der Waals surface area contributed by atoms with Gasteiger partial charge in [0.25, 0.3) is 0 Å². The van der Waals surface area contributed by atoms with Crippen molar-refractivity contribution in [2.45, 2.75) is 27.2 Å². The Hall–Kier alpha value is -1.22. The van der Waals surface area contributed by atoms with E-state index in [2.05, 4.69) is 20.8 Å². The van der Waals surface area contributed by atoms with Crippen LogP contribution in [-0.4, -0.2) is 12.4 Å². The SMILES string of the molecule is CC(C)(C)CCOc1ccc(C(=N)N)cc1Cl. The topological polar surface area (TPSA) is 59.1 Å². The monoisotopic (exact) mass is 254 g/mol. The van der Waals surface area contributed by atoms with Gasteiger partial charge in [0.2, 0.25) is 0 Å². The molecule has 0 spiro atoms. The summed E-state index contributed by atoms with van der Waals surface area (Å²) >= 11 is 6.05. The fourth-order valence-corrected chi connectivity index (χ4v) is 1.49. The number of hydrogen-bond donors (Lipinski definition) is 2. The van der Waals surface area contributed by atoms with Crippen molar-refractivity contribution in [1.29, 1.82) is 5.41 Å². The molecule has 1 rings (SSSR count). The first-order valence-corrected chi connectivity index (χ1v) is 5.94. The van der Waals surface area contributed by atoms with Gasteiger partial charge in [-0.3, -0.25) is 5.41 Å². The van der Waals surface area contributed by atoms with Crippen molar-refractivity contribution < 1.29 is 4.74 Å². The predicted molar refractivity (Wildman–Crippen MR) is 72.0 cm³/mol. The maximum atomic E-state index is 7.30. The molecule has 0 unspecified atom stereocenters. The lowest BCUT2D eigenvalue weighted by Crippen LogP contribution is -2.12. The van der Waals surface area contributed by atoms with E-state index >= 15 is 0 Å². The highest BCUT2D eigenvalue weighted by Crippen LogP contribution is 2.26. The van der Waals surface area contributed by atoms with Gasteiger partial charge in [-0.05, 0) is 30.0 Å². The third-order valence-corrected chi connectivity index (χ3v) is 2.65. The van der Waals surface area contributed by atoms with Crippen LogP contribution in [0.5, 0.6) is 5.75 Å². The highest BCUT2D eigenvalue weighted by atomic mass is 35.5. The summed E-state index contributed by atoms with van der Waals surface area (Å²) in [4.78, 5) is 0. The van der Waals surface area contributed by atoms with Gasteiger partial charge >= 0.3 is 0 Å². The van der Waals surface area contributed by atoms with Crippen LogP contribution < -0.4 is 10.5 Å². The Morgan fingerprint density at radius 2 is 2.06 bits per heavy atom. The molecule has 1 aromatic carbocycles. The van der Waals surface area contributed by atoms with Gasteiger partial charge < -0.3 is 10.5 Å². The maximum Gasteiger partial charge on any atom is 0.137 e. The second kappa shape index (κ2) is 5.41. The summed E-state index contributed by atoms with van der Waals surface area (Å²) in [6.07, 6.45) is 0.956. The minimum Gasteiger partial charge on any atom is -0.492 e. The van der Waals surface area contributed by atoms with Crippen molar-refractivity contribution in [3.05, 3.63) is 28.8 Å². The quantitative estimate of drug-likeness (QED) is 0.639. The fraction of sp³-hybridized carbons (Fsp3) is 0.462. The van der Waals surface area contributed by atoms with Crippen molar-refractivity contribution in [2.75, 3.05) is 6.61 Å². The molecule has 0 atom stereocenters. The minimum atomic E-state index is 0.00754. The summed E-state index contributed by atoms with van der Waals surface area (Å²) in [5, 5.41) is 7.79. The molecule has 4 heteroatoms. The minimum absolute atomic E-state index is 0.00754. The zero-order valence-corrected chi connectivity index (χ0v) is 11.3. The van der Waals surface area contributed by atoms with Gasteiger partial charge in [0.15, 0.2) is 0 Å². The number of amidine groups is 1. The molecule has 0 aliphatic carbocycles. The lowest BCUT2D eigenvalue weighted by atomic mass is 9.93. The molecule has 0 radical (unpaired) electrons. The van der Waals surface area contributed by atoms with Gasteiger partial charge in [0, 0.05) is 5.56 Å². The molecule has 0 aliphatic heterocycles. The number of halogens is 1. The molecule has 3 nitrogen and oxygen atoms in total. The van der Waals surface area contributed by atoms with Crippen LogP contribution >= 0.6 is 11.6 Å². The summed E-state index contributed by atoms with van der Waals surface area (Å²) in [6.45, 7) is 7.12. The molecule has 0 saturated carbocycles. The number of nitrogen functional groups attached to an aromatic ring is 1. The van der Waals surface area contributed by atoms with Crippen LogP contribution in [0.4, 0.5) is 0 Å². The first kappa shape index (κ1) is 13.8. The number of benzene rings is 1. The van der Waals surface area contributed by atoms with Crippen molar-refractivity contribution in [2.24, 2.45) is 11.1 Å². The highest BCUT2D eigenvalue weighted by Gasteiger charge is 2.11. The summed E-state index contributed by atoms with van der Waals surface area (Å²) in [5.74, 6) is 0.647. The van der Waals surface area contributed by atoms with E-state index in [1.165, 1.54) is 0 Å². The van der Waals surface area contributed by atoms with E-state index in [1.54, 1.807) is 18.2 Å². The van der Waals surface area contributed by atoms with E-state index in [1.807, 2.05) is 0 Å². The number of hydrogen-bond acceptors (Lipinski definition) is 2. The molecular weight excluding hydrogens is 236 g/mol. The fourth-order valence-electron chi connectivity index (χ4n) is 1.25. The molecule has 0 amide bonds. The smallest absolute Gasteiger partial charge is 0.137 e. The lowest BCUT2D eigenvalue weighted by molar-refractivity contribution is 0.243. The van der Waals surface area contributed by atoms with E-state index in [9.17, 15) is 0 Å². The van der Waals surface area contributed by atoms with Crippen LogP contribution in [0.2, 0.25) is 5.02 Å². The van der Waals surface area contributed by atoms with Gasteiger partial charge in [-0.1, -0.05) is 32.4 Å². The Bertz CT molecular complexity index is 410. The van der Waals surface area contributed by atoms with Crippen LogP contribution in [-0.2, 0) is 0 Å². The molecule has 0 bridgehead atoms. The predicted octanol–water partition coefficient (Wildman–Crippen LogP) is 3.44. The van der Waals surface area contributed by atoms with Crippen molar-refractivity contribution >= 4 is 17.4 Å². The summed E-state index contributed by atoms with van der Waals surface area (Å²) < 4.78 is 5.60. The highest BCUT2D eigenvalue weighted by molar-refractivity contribution is 6.32. The largest absolute Gasteiger partial charge is 0.492 e. The molecular formula is C13H19ClN2O. The summed E-state index contributed by atoms with van der Waals surface area (Å²) in [6, 6.07) is 5.14. The zero-order valence-electron chi connectivity index (χ0n) is 10.5. The number of ether oxygens (including phenoxy) is 1. The molecule has 17 heavy (non-hydrogen) atoms. The molecule has 0 aromatic heterocycles. The van der Waals surface area contributed by atoms with Crippen molar-refractivity contribution in [3.63, 3.8) is 0 Å². The number of nitrogens with one attached hydrogen (secondary N) is 1. The maximum absolute atomic E-state index is 7.30. The Morgan fingerprint density at radius 1 is 1.41 bits per heavy atom. The number of nitrogens with two attached hydrogens (primary N) is 1. The third kappa shape index (κ3) is 4.65. The molecule has 0 heterocycles. The van der Waals surface area contributed by atoms with E-state index in [0.717, 1.165) is 6.42 Å². The Kier molecular flexibility index (Phi) is 4.40. The van der Waals surface area contributed by atoms with Gasteiger partial charge in [-0.25, -0.2) is 0 Å². The van der Waals surface area contributed by atoms with E-state index in [0.29, 0.717) is 22.9 Å². The average Bonchev–Trinajstić information content (AvgIpc) is 2.18. The molecule has 1 aromatic rings. The van der Waals surface area contributed by atoms with Gasteiger partial charge in [0.1, 0.15) is 11.6 Å². The van der Waals surface area contributed by atoms with Gasteiger partial charge in [-0.15, -0.1) is 0 Å². The van der Waals surface area contributed by atoms with Gasteiger partial charge in [0.05, 0.1) is 11.6 Å². The molecule has 0 saturated heterocycles. The van der Waals surface area contributed by atoms with E-state index in [4.69, 9.17) is 27.5 Å². The van der Waals surface area contributed by atoms with Crippen LogP contribution in [0.1, 0.15) is 32.8 Å². The van der Waals surface area contributed by atoms with Crippen LogP contribution in [0, 0.1) is 10.8 Å². The lowest BCUT2D eigenvalue weighted by Gasteiger charge is -2.18. The summed E-state index contributed by atoms with van der Waals surface area (Å²) in [5.41, 5.74) is 6.23. The Morgan fingerprint density at radius 3 is 2.53 bits per heavy atom. The molecule has 3 N–H and O–H groups in total. The second-order valence-electron chi connectivity index (χ2n) is 5.22. The first-order chi connectivity index (χ1) is 7.79. The Balaban J connectivity index is 2.64. The number of rotatable bonds is 4. The third-order valence-electron chi connectivity index (χ3n) is 2.35.